The molecule has 2 rings (SSSR count). The SMILES string of the molecule is CNc1ccc2cc(C)cnc2c1N. The molecule has 3 N–H and O–H groups in total. The Morgan fingerprint density at radius 3 is 2.86 bits per heavy atom. The Hall–Kier alpha value is -1.77. The van der Waals surface area contributed by atoms with Crippen LogP contribution in [-0.2, 0) is 0 Å². The number of aryl methyl sites for hydroxylation is 1. The summed E-state index contributed by atoms with van der Waals surface area (Å²) in [6.07, 6.45) is 1.83. The average Bonchev–Trinajstić information content (AvgIpc) is 2.18. The number of hydrogen-bond donors (Lipinski definition) is 2. The molecule has 0 unspecified atom stereocenters. The van der Waals surface area contributed by atoms with Crippen molar-refractivity contribution >= 4 is 22.3 Å². The lowest BCUT2D eigenvalue weighted by molar-refractivity contribution is 1.33. The van der Waals surface area contributed by atoms with E-state index in [-0.39, 0.29) is 0 Å². The quantitative estimate of drug-likeness (QED) is 0.673. The fourth-order valence-corrected chi connectivity index (χ4v) is 1.55. The summed E-state index contributed by atoms with van der Waals surface area (Å²) in [5.74, 6) is 0. The smallest absolute Gasteiger partial charge is 0.0952 e. The molecular weight excluding hydrogens is 174 g/mol. The first-order valence-corrected chi connectivity index (χ1v) is 4.55. The van der Waals surface area contributed by atoms with Crippen molar-refractivity contribution in [1.29, 1.82) is 0 Å². The first kappa shape index (κ1) is 8.81. The highest BCUT2D eigenvalue weighted by Crippen LogP contribution is 2.26. The summed E-state index contributed by atoms with van der Waals surface area (Å²) < 4.78 is 0. The number of benzene rings is 1. The maximum Gasteiger partial charge on any atom is 0.0952 e. The van der Waals surface area contributed by atoms with Crippen LogP contribution in [0, 0.1) is 6.92 Å². The highest BCUT2D eigenvalue weighted by Gasteiger charge is 2.03. The van der Waals surface area contributed by atoms with E-state index in [2.05, 4.69) is 16.4 Å². The van der Waals surface area contributed by atoms with Crippen molar-refractivity contribution in [3.63, 3.8) is 0 Å². The minimum absolute atomic E-state index is 0.713. The van der Waals surface area contributed by atoms with Gasteiger partial charge >= 0.3 is 0 Å². The summed E-state index contributed by atoms with van der Waals surface area (Å²) in [6.45, 7) is 2.02. The Morgan fingerprint density at radius 2 is 2.14 bits per heavy atom. The molecule has 0 aliphatic carbocycles. The lowest BCUT2D eigenvalue weighted by atomic mass is 10.1. The molecule has 0 radical (unpaired) electrons. The molecule has 0 saturated heterocycles. The fraction of sp³-hybridized carbons (Fsp3) is 0.182. The van der Waals surface area contributed by atoms with Crippen molar-refractivity contribution in [2.75, 3.05) is 18.1 Å². The maximum absolute atomic E-state index is 5.95. The highest BCUT2D eigenvalue weighted by atomic mass is 14.9. The Bertz CT molecular complexity index is 477. The molecule has 0 atom stereocenters. The van der Waals surface area contributed by atoms with E-state index in [1.54, 1.807) is 0 Å². The second-order valence-electron chi connectivity index (χ2n) is 3.36. The Morgan fingerprint density at radius 1 is 1.36 bits per heavy atom. The molecule has 14 heavy (non-hydrogen) atoms. The Balaban J connectivity index is 2.77. The highest BCUT2D eigenvalue weighted by molar-refractivity contribution is 5.96. The van der Waals surface area contributed by atoms with Crippen molar-refractivity contribution in [3.05, 3.63) is 30.0 Å². The summed E-state index contributed by atoms with van der Waals surface area (Å²) >= 11 is 0. The van der Waals surface area contributed by atoms with Crippen molar-refractivity contribution in [3.8, 4) is 0 Å². The van der Waals surface area contributed by atoms with E-state index in [1.807, 2.05) is 32.3 Å². The van der Waals surface area contributed by atoms with Crippen LogP contribution in [0.1, 0.15) is 5.56 Å². The number of rotatable bonds is 1. The summed E-state index contributed by atoms with van der Waals surface area (Å²) in [5.41, 5.74) is 9.60. The predicted molar refractivity (Wildman–Crippen MR) is 60.4 cm³/mol. The molecule has 0 fully saturated rings. The summed E-state index contributed by atoms with van der Waals surface area (Å²) in [7, 11) is 1.85. The van der Waals surface area contributed by atoms with Gasteiger partial charge in [-0.05, 0) is 24.6 Å². The van der Waals surface area contributed by atoms with E-state index < -0.39 is 0 Å². The molecule has 0 aliphatic rings. The standard InChI is InChI=1S/C11H13N3/c1-7-5-8-3-4-9(13-2)10(12)11(8)14-6-7/h3-6,13H,12H2,1-2H3. The van der Waals surface area contributed by atoms with Gasteiger partial charge in [0.15, 0.2) is 0 Å². The van der Waals surface area contributed by atoms with Crippen LogP contribution >= 0.6 is 0 Å². The Kier molecular flexibility index (Phi) is 2.00. The zero-order valence-corrected chi connectivity index (χ0v) is 8.33. The zero-order chi connectivity index (χ0) is 10.1. The van der Waals surface area contributed by atoms with Crippen LogP contribution in [0.15, 0.2) is 24.4 Å². The molecule has 3 nitrogen and oxygen atoms in total. The third kappa shape index (κ3) is 1.27. The van der Waals surface area contributed by atoms with Crippen LogP contribution in [0.5, 0.6) is 0 Å². The molecular formula is C11H13N3. The van der Waals surface area contributed by atoms with Crippen LogP contribution in [0.2, 0.25) is 0 Å². The van der Waals surface area contributed by atoms with Gasteiger partial charge < -0.3 is 11.1 Å². The number of aromatic nitrogens is 1. The van der Waals surface area contributed by atoms with Gasteiger partial charge in [0.2, 0.25) is 0 Å². The van der Waals surface area contributed by atoms with Crippen molar-refractivity contribution in [2.45, 2.75) is 6.92 Å². The molecule has 1 heterocycles. The number of anilines is 2. The van der Waals surface area contributed by atoms with E-state index in [0.29, 0.717) is 5.69 Å². The van der Waals surface area contributed by atoms with E-state index in [1.165, 1.54) is 0 Å². The van der Waals surface area contributed by atoms with Crippen LogP contribution < -0.4 is 11.1 Å². The molecule has 0 aliphatic heterocycles. The minimum Gasteiger partial charge on any atom is -0.395 e. The van der Waals surface area contributed by atoms with Crippen molar-refractivity contribution in [1.82, 2.24) is 4.98 Å². The van der Waals surface area contributed by atoms with Crippen molar-refractivity contribution < 1.29 is 0 Å². The summed E-state index contributed by atoms with van der Waals surface area (Å²) in [5, 5.41) is 4.12. The number of pyridine rings is 1. The topological polar surface area (TPSA) is 50.9 Å². The van der Waals surface area contributed by atoms with E-state index >= 15 is 0 Å². The van der Waals surface area contributed by atoms with Gasteiger partial charge in [-0.3, -0.25) is 4.98 Å². The van der Waals surface area contributed by atoms with Gasteiger partial charge in [-0.1, -0.05) is 6.07 Å². The number of hydrogen-bond acceptors (Lipinski definition) is 3. The van der Waals surface area contributed by atoms with E-state index in [0.717, 1.165) is 22.2 Å². The maximum atomic E-state index is 5.95. The molecule has 0 bridgehead atoms. The fourth-order valence-electron chi connectivity index (χ4n) is 1.55. The van der Waals surface area contributed by atoms with Gasteiger partial charge in [-0.25, -0.2) is 0 Å². The molecule has 1 aromatic carbocycles. The number of nitrogens with two attached hydrogens (primary N) is 1. The van der Waals surface area contributed by atoms with Gasteiger partial charge in [0.05, 0.1) is 16.9 Å². The third-order valence-electron chi connectivity index (χ3n) is 2.30. The van der Waals surface area contributed by atoms with Gasteiger partial charge in [-0.2, -0.15) is 0 Å². The first-order chi connectivity index (χ1) is 6.72. The monoisotopic (exact) mass is 187 g/mol. The third-order valence-corrected chi connectivity index (χ3v) is 2.30. The number of fused-ring (bicyclic) bond motifs is 1. The lowest BCUT2D eigenvalue weighted by Crippen LogP contribution is -1.97. The predicted octanol–water partition coefficient (Wildman–Crippen LogP) is 2.17. The van der Waals surface area contributed by atoms with E-state index in [4.69, 9.17) is 5.73 Å². The molecule has 1 aromatic heterocycles. The summed E-state index contributed by atoms with van der Waals surface area (Å²) in [4.78, 5) is 4.32. The molecule has 72 valence electrons. The van der Waals surface area contributed by atoms with Gasteiger partial charge in [0, 0.05) is 18.6 Å². The number of nitrogen functional groups attached to an aromatic ring is 1. The lowest BCUT2D eigenvalue weighted by Gasteiger charge is -2.07. The largest absolute Gasteiger partial charge is 0.395 e. The number of nitrogens with zero attached hydrogens (tertiary/aromatic N) is 1. The second kappa shape index (κ2) is 3.18. The number of nitrogens with one attached hydrogen (secondary N) is 1. The van der Waals surface area contributed by atoms with Crippen LogP contribution in [-0.4, -0.2) is 12.0 Å². The van der Waals surface area contributed by atoms with Crippen molar-refractivity contribution in [2.24, 2.45) is 0 Å². The van der Waals surface area contributed by atoms with E-state index in [9.17, 15) is 0 Å². The van der Waals surface area contributed by atoms with Crippen LogP contribution in [0.4, 0.5) is 11.4 Å². The minimum atomic E-state index is 0.713. The first-order valence-electron chi connectivity index (χ1n) is 4.55. The molecule has 0 amide bonds. The van der Waals surface area contributed by atoms with Gasteiger partial charge in [0.25, 0.3) is 0 Å². The zero-order valence-electron chi connectivity index (χ0n) is 8.33. The molecule has 2 aromatic rings. The average molecular weight is 187 g/mol. The van der Waals surface area contributed by atoms with Gasteiger partial charge in [0.1, 0.15) is 0 Å². The Labute approximate surface area is 83.0 Å². The van der Waals surface area contributed by atoms with Crippen LogP contribution in [0.25, 0.3) is 10.9 Å². The van der Waals surface area contributed by atoms with Gasteiger partial charge in [-0.15, -0.1) is 0 Å². The molecule has 0 spiro atoms. The molecule has 0 saturated carbocycles. The molecule has 3 heteroatoms. The summed E-state index contributed by atoms with van der Waals surface area (Å²) in [6, 6.07) is 6.08. The normalized spacial score (nSPS) is 10.4. The van der Waals surface area contributed by atoms with Crippen LogP contribution in [0.3, 0.4) is 0 Å². The second-order valence-corrected chi connectivity index (χ2v) is 3.36.